The molecule has 7 heteroatoms. The Morgan fingerprint density at radius 1 is 1.21 bits per heavy atom. The molecule has 0 aliphatic carbocycles. The summed E-state index contributed by atoms with van der Waals surface area (Å²) in [7, 11) is -3.81. The lowest BCUT2D eigenvalue weighted by molar-refractivity contribution is 0.0867. The van der Waals surface area contributed by atoms with Gasteiger partial charge in [-0.3, -0.25) is 9.78 Å². The number of benzene rings is 1. The summed E-state index contributed by atoms with van der Waals surface area (Å²) >= 11 is 0. The third-order valence-corrected chi connectivity index (χ3v) is 5.97. The highest BCUT2D eigenvalue weighted by Crippen LogP contribution is 2.26. The molecule has 0 bridgehead atoms. The van der Waals surface area contributed by atoms with Gasteiger partial charge in [0.2, 0.25) is 10.0 Å². The Morgan fingerprint density at radius 2 is 2.04 bits per heavy atom. The predicted molar refractivity (Wildman–Crippen MR) is 86.5 cm³/mol. The number of hydrogen-bond donors (Lipinski definition) is 0. The zero-order valence-electron chi connectivity index (χ0n) is 12.9. The summed E-state index contributed by atoms with van der Waals surface area (Å²) in [5.74, 6) is -1.19. The Bertz CT molecular complexity index is 840. The van der Waals surface area contributed by atoms with Crippen LogP contribution in [-0.2, 0) is 10.0 Å². The van der Waals surface area contributed by atoms with Crippen LogP contribution in [0.25, 0.3) is 0 Å². The van der Waals surface area contributed by atoms with Crippen LogP contribution in [0.4, 0.5) is 4.39 Å². The zero-order valence-corrected chi connectivity index (χ0v) is 13.7. The summed E-state index contributed by atoms with van der Waals surface area (Å²) in [5, 5.41) is 0. The van der Waals surface area contributed by atoms with Crippen LogP contribution in [0, 0.1) is 11.7 Å². The van der Waals surface area contributed by atoms with Crippen molar-refractivity contribution in [3.05, 3.63) is 60.2 Å². The maximum absolute atomic E-state index is 13.3. The first-order valence-electron chi connectivity index (χ1n) is 7.69. The van der Waals surface area contributed by atoms with Gasteiger partial charge in [-0.1, -0.05) is 12.1 Å². The molecule has 1 aliphatic heterocycles. The van der Waals surface area contributed by atoms with Crippen LogP contribution in [-0.4, -0.2) is 36.6 Å². The molecule has 1 aromatic heterocycles. The second kappa shape index (κ2) is 6.78. The summed E-state index contributed by atoms with van der Waals surface area (Å²) in [6, 6.07) is 10.00. The van der Waals surface area contributed by atoms with Gasteiger partial charge in [-0.25, -0.2) is 12.8 Å². The lowest BCUT2D eigenvalue weighted by Gasteiger charge is -2.31. The van der Waals surface area contributed by atoms with Gasteiger partial charge in [-0.15, -0.1) is 0 Å². The summed E-state index contributed by atoms with van der Waals surface area (Å²) in [5.41, 5.74) is 0.340. The van der Waals surface area contributed by atoms with E-state index in [1.807, 2.05) is 0 Å². The van der Waals surface area contributed by atoms with E-state index in [2.05, 4.69) is 4.98 Å². The van der Waals surface area contributed by atoms with Crippen molar-refractivity contribution in [3.63, 3.8) is 0 Å². The number of Topliss-reactive ketones (excluding diaryl/α,β-unsaturated/α-hetero) is 1. The molecule has 1 saturated heterocycles. The fourth-order valence-corrected chi connectivity index (χ4v) is 4.42. The number of halogens is 1. The molecular formula is C17H17FN2O3S. The average molecular weight is 348 g/mol. The van der Waals surface area contributed by atoms with E-state index in [0.29, 0.717) is 25.1 Å². The molecule has 24 heavy (non-hydrogen) atoms. The second-order valence-electron chi connectivity index (χ2n) is 5.74. The van der Waals surface area contributed by atoms with Crippen molar-refractivity contribution in [1.82, 2.24) is 9.29 Å². The maximum Gasteiger partial charge on any atom is 0.243 e. The second-order valence-corrected chi connectivity index (χ2v) is 7.68. The molecule has 2 aromatic rings. The van der Waals surface area contributed by atoms with Crippen molar-refractivity contribution in [2.24, 2.45) is 5.92 Å². The topological polar surface area (TPSA) is 67.3 Å². The summed E-state index contributed by atoms with van der Waals surface area (Å²) in [4.78, 5) is 16.5. The molecule has 2 heterocycles. The predicted octanol–water partition coefficient (Wildman–Crippen LogP) is 2.50. The molecule has 0 amide bonds. The fourth-order valence-electron chi connectivity index (χ4n) is 2.87. The fraction of sp³-hybridized carbons (Fsp3) is 0.294. The Balaban J connectivity index is 1.82. The number of carbonyl (C=O) groups excluding carboxylic acids is 1. The molecule has 0 radical (unpaired) electrons. The Morgan fingerprint density at radius 3 is 2.75 bits per heavy atom. The minimum Gasteiger partial charge on any atom is -0.292 e. The summed E-state index contributed by atoms with van der Waals surface area (Å²) in [6.45, 7) is 0.416. The zero-order chi connectivity index (χ0) is 17.2. The normalized spacial score (nSPS) is 19.1. The van der Waals surface area contributed by atoms with E-state index in [1.54, 1.807) is 18.2 Å². The average Bonchev–Trinajstić information content (AvgIpc) is 2.62. The number of hydrogen-bond acceptors (Lipinski definition) is 4. The molecule has 5 nitrogen and oxygen atoms in total. The van der Waals surface area contributed by atoms with Crippen LogP contribution in [0.3, 0.4) is 0 Å². The van der Waals surface area contributed by atoms with Crippen molar-refractivity contribution in [1.29, 1.82) is 0 Å². The van der Waals surface area contributed by atoms with E-state index >= 15 is 0 Å². The molecule has 1 aliphatic rings. The van der Waals surface area contributed by atoms with E-state index in [0.717, 1.165) is 6.07 Å². The maximum atomic E-state index is 13.3. The Hall–Kier alpha value is -2.12. The number of ketones is 1. The van der Waals surface area contributed by atoms with Gasteiger partial charge in [0, 0.05) is 25.2 Å². The van der Waals surface area contributed by atoms with E-state index in [-0.39, 0.29) is 17.2 Å². The molecular weight excluding hydrogens is 331 g/mol. The van der Waals surface area contributed by atoms with Crippen LogP contribution in [0.1, 0.15) is 23.3 Å². The first-order chi connectivity index (χ1) is 11.5. The number of pyridine rings is 1. The van der Waals surface area contributed by atoms with Crippen molar-refractivity contribution in [3.8, 4) is 0 Å². The third kappa shape index (κ3) is 3.37. The van der Waals surface area contributed by atoms with Gasteiger partial charge in [0.1, 0.15) is 11.5 Å². The molecule has 3 rings (SSSR count). The van der Waals surface area contributed by atoms with Gasteiger partial charge in [0.15, 0.2) is 5.78 Å². The minimum absolute atomic E-state index is 0.0894. The molecule has 0 spiro atoms. The number of carbonyl (C=O) groups is 1. The van der Waals surface area contributed by atoms with Gasteiger partial charge in [0.05, 0.1) is 4.90 Å². The van der Waals surface area contributed by atoms with Crippen molar-refractivity contribution in [2.75, 3.05) is 13.1 Å². The van der Waals surface area contributed by atoms with Crippen LogP contribution < -0.4 is 0 Å². The Labute approximate surface area is 140 Å². The van der Waals surface area contributed by atoms with Crippen molar-refractivity contribution in [2.45, 2.75) is 17.7 Å². The quantitative estimate of drug-likeness (QED) is 0.796. The van der Waals surface area contributed by atoms with E-state index in [1.165, 1.54) is 28.7 Å². The minimum atomic E-state index is -3.81. The lowest BCUT2D eigenvalue weighted by Crippen LogP contribution is -2.42. The van der Waals surface area contributed by atoms with E-state index < -0.39 is 21.8 Å². The summed E-state index contributed by atoms with van der Waals surface area (Å²) < 4.78 is 40.0. The monoisotopic (exact) mass is 348 g/mol. The summed E-state index contributed by atoms with van der Waals surface area (Å²) in [6.07, 6.45) is 2.74. The molecule has 126 valence electrons. The number of piperidine rings is 1. The number of rotatable bonds is 4. The number of sulfonamides is 1. The first kappa shape index (κ1) is 16.7. The number of nitrogens with zero attached hydrogens (tertiary/aromatic N) is 2. The standard InChI is InChI=1S/C17H17FN2O3S/c18-14-6-3-7-15(11-14)24(22,23)20-10-4-5-13(12-20)17(21)16-8-1-2-9-19-16/h1-3,6-9,11,13H,4-5,10,12H2. The van der Waals surface area contributed by atoms with Crippen molar-refractivity contribution < 1.29 is 17.6 Å². The third-order valence-electron chi connectivity index (χ3n) is 4.11. The van der Waals surface area contributed by atoms with Crippen LogP contribution in [0.5, 0.6) is 0 Å². The van der Waals surface area contributed by atoms with E-state index in [4.69, 9.17) is 0 Å². The molecule has 1 aromatic carbocycles. The molecule has 0 N–H and O–H groups in total. The Kier molecular flexibility index (Phi) is 4.73. The first-order valence-corrected chi connectivity index (χ1v) is 9.13. The largest absolute Gasteiger partial charge is 0.292 e. The van der Waals surface area contributed by atoms with Crippen molar-refractivity contribution >= 4 is 15.8 Å². The molecule has 1 atom stereocenters. The molecule has 1 fully saturated rings. The highest BCUT2D eigenvalue weighted by atomic mass is 32.2. The van der Waals surface area contributed by atoms with Crippen LogP contribution in [0.2, 0.25) is 0 Å². The molecule has 0 saturated carbocycles. The van der Waals surface area contributed by atoms with Gasteiger partial charge < -0.3 is 0 Å². The highest BCUT2D eigenvalue weighted by Gasteiger charge is 2.34. The van der Waals surface area contributed by atoms with Gasteiger partial charge in [0.25, 0.3) is 0 Å². The number of aromatic nitrogens is 1. The lowest BCUT2D eigenvalue weighted by atomic mass is 9.93. The van der Waals surface area contributed by atoms with E-state index in [9.17, 15) is 17.6 Å². The van der Waals surface area contributed by atoms with Gasteiger partial charge >= 0.3 is 0 Å². The smallest absolute Gasteiger partial charge is 0.243 e. The van der Waals surface area contributed by atoms with Gasteiger partial charge in [-0.05, 0) is 43.2 Å². The van der Waals surface area contributed by atoms with Gasteiger partial charge in [-0.2, -0.15) is 4.31 Å². The SMILES string of the molecule is O=C(c1ccccn1)C1CCCN(S(=O)(=O)c2cccc(F)c2)C1. The van der Waals surface area contributed by atoms with Crippen LogP contribution >= 0.6 is 0 Å². The van der Waals surface area contributed by atoms with Crippen LogP contribution in [0.15, 0.2) is 53.6 Å². The molecule has 1 unspecified atom stereocenters. The highest BCUT2D eigenvalue weighted by molar-refractivity contribution is 7.89.